The molecule has 0 fully saturated rings. The van der Waals surface area contributed by atoms with Crippen molar-refractivity contribution in [3.05, 3.63) is 15.6 Å². The van der Waals surface area contributed by atoms with Gasteiger partial charge in [0.1, 0.15) is 5.01 Å². The molecule has 7 heteroatoms. The number of halogens is 3. The van der Waals surface area contributed by atoms with Crippen LogP contribution in [0.25, 0.3) is 0 Å². The van der Waals surface area contributed by atoms with E-state index in [9.17, 15) is 18.0 Å². The molecule has 0 bridgehead atoms. The lowest BCUT2D eigenvalue weighted by Gasteiger charge is -2.17. The van der Waals surface area contributed by atoms with Gasteiger partial charge in [0.15, 0.2) is 5.69 Å². The molecule has 0 aliphatic rings. The SMILES string of the molecule is Cc1sc(C(NC=O)C(C)C)nc1C(F)(F)F. The van der Waals surface area contributed by atoms with Crippen molar-refractivity contribution >= 4 is 17.7 Å². The Labute approximate surface area is 101 Å². The fourth-order valence-electron chi connectivity index (χ4n) is 1.44. The van der Waals surface area contributed by atoms with Crippen molar-refractivity contribution in [1.82, 2.24) is 10.3 Å². The van der Waals surface area contributed by atoms with Crippen LogP contribution in [0.1, 0.15) is 35.5 Å². The maximum atomic E-state index is 12.6. The summed E-state index contributed by atoms with van der Waals surface area (Å²) in [7, 11) is 0. The Hall–Kier alpha value is -1.11. The number of alkyl halides is 3. The van der Waals surface area contributed by atoms with Gasteiger partial charge in [-0.15, -0.1) is 11.3 Å². The summed E-state index contributed by atoms with van der Waals surface area (Å²) in [5.41, 5.74) is -0.865. The molecule has 0 saturated heterocycles. The highest BCUT2D eigenvalue weighted by Crippen LogP contribution is 2.36. The topological polar surface area (TPSA) is 42.0 Å². The number of nitrogens with one attached hydrogen (secondary N) is 1. The quantitative estimate of drug-likeness (QED) is 0.851. The normalized spacial score (nSPS) is 13.8. The molecule has 1 aromatic heterocycles. The molecule has 1 amide bonds. The smallest absolute Gasteiger partial charge is 0.349 e. The molecule has 1 unspecified atom stereocenters. The standard InChI is InChI=1S/C10H13F3N2OS/c1-5(2)7(14-4-16)9-15-8(6(3)17-9)10(11,12)13/h4-5,7H,1-3H3,(H,14,16). The van der Waals surface area contributed by atoms with Crippen molar-refractivity contribution in [3.63, 3.8) is 0 Å². The van der Waals surface area contributed by atoms with E-state index < -0.39 is 17.9 Å². The van der Waals surface area contributed by atoms with Gasteiger partial charge in [-0.3, -0.25) is 4.79 Å². The molecule has 1 rings (SSSR count). The van der Waals surface area contributed by atoms with Gasteiger partial charge in [-0.2, -0.15) is 13.2 Å². The number of carbonyl (C=O) groups is 1. The van der Waals surface area contributed by atoms with Crippen LogP contribution >= 0.6 is 11.3 Å². The molecule has 0 aliphatic carbocycles. The van der Waals surface area contributed by atoms with E-state index in [0.717, 1.165) is 11.3 Å². The largest absolute Gasteiger partial charge is 0.434 e. The molecule has 0 radical (unpaired) electrons. The summed E-state index contributed by atoms with van der Waals surface area (Å²) < 4.78 is 37.7. The number of nitrogens with zero attached hydrogens (tertiary/aromatic N) is 1. The van der Waals surface area contributed by atoms with Crippen LogP contribution in [-0.2, 0) is 11.0 Å². The van der Waals surface area contributed by atoms with E-state index in [-0.39, 0.29) is 15.8 Å². The Morgan fingerprint density at radius 3 is 2.35 bits per heavy atom. The fraction of sp³-hybridized carbons (Fsp3) is 0.600. The van der Waals surface area contributed by atoms with E-state index in [1.165, 1.54) is 6.92 Å². The minimum absolute atomic E-state index is 0.0215. The Balaban J connectivity index is 3.10. The van der Waals surface area contributed by atoms with Gasteiger partial charge in [-0.25, -0.2) is 4.98 Å². The second kappa shape index (κ2) is 5.03. The molecule has 1 heterocycles. The van der Waals surface area contributed by atoms with Crippen LogP contribution in [-0.4, -0.2) is 11.4 Å². The molecule has 1 atom stereocenters. The van der Waals surface area contributed by atoms with E-state index in [1.807, 2.05) is 13.8 Å². The number of aromatic nitrogens is 1. The summed E-state index contributed by atoms with van der Waals surface area (Å²) in [5.74, 6) is -0.0215. The van der Waals surface area contributed by atoms with Gasteiger partial charge in [0.2, 0.25) is 6.41 Å². The first kappa shape index (κ1) is 14.0. The highest BCUT2D eigenvalue weighted by atomic mass is 32.1. The van der Waals surface area contributed by atoms with Crippen LogP contribution in [0, 0.1) is 12.8 Å². The highest BCUT2D eigenvalue weighted by molar-refractivity contribution is 7.11. The third kappa shape index (κ3) is 3.18. The van der Waals surface area contributed by atoms with E-state index >= 15 is 0 Å². The zero-order valence-corrected chi connectivity index (χ0v) is 10.4. The molecular formula is C10H13F3N2OS. The van der Waals surface area contributed by atoms with Gasteiger partial charge in [0.25, 0.3) is 0 Å². The monoisotopic (exact) mass is 266 g/mol. The summed E-state index contributed by atoms with van der Waals surface area (Å²) in [6, 6.07) is -0.479. The van der Waals surface area contributed by atoms with Crippen LogP contribution in [0.2, 0.25) is 0 Å². The lowest BCUT2D eigenvalue weighted by Crippen LogP contribution is -2.24. The summed E-state index contributed by atoms with van der Waals surface area (Å²) in [6.07, 6.45) is -3.96. The predicted octanol–water partition coefficient (Wildman–Crippen LogP) is 2.91. The molecule has 1 N–H and O–H groups in total. The highest BCUT2D eigenvalue weighted by Gasteiger charge is 2.37. The first-order chi connectivity index (χ1) is 7.77. The van der Waals surface area contributed by atoms with Crippen molar-refractivity contribution < 1.29 is 18.0 Å². The van der Waals surface area contributed by atoms with Gasteiger partial charge >= 0.3 is 6.18 Å². The van der Waals surface area contributed by atoms with Crippen LogP contribution in [0.5, 0.6) is 0 Å². The second-order valence-corrected chi connectivity index (χ2v) is 5.20. The molecule has 0 saturated carbocycles. The molecule has 96 valence electrons. The molecule has 3 nitrogen and oxygen atoms in total. The van der Waals surface area contributed by atoms with E-state index in [2.05, 4.69) is 10.3 Å². The number of rotatable bonds is 4. The third-order valence-electron chi connectivity index (χ3n) is 2.26. The van der Waals surface area contributed by atoms with E-state index in [1.54, 1.807) is 0 Å². The van der Waals surface area contributed by atoms with Crippen LogP contribution in [0.3, 0.4) is 0 Å². The average Bonchev–Trinajstić information content (AvgIpc) is 2.55. The molecular weight excluding hydrogens is 253 g/mol. The lowest BCUT2D eigenvalue weighted by atomic mass is 10.1. The van der Waals surface area contributed by atoms with Crippen molar-refractivity contribution in [3.8, 4) is 0 Å². The number of amides is 1. The van der Waals surface area contributed by atoms with Gasteiger partial charge < -0.3 is 5.32 Å². The Bertz CT molecular complexity index is 401. The van der Waals surface area contributed by atoms with Crippen molar-refractivity contribution in [2.75, 3.05) is 0 Å². The van der Waals surface area contributed by atoms with Crippen LogP contribution in [0.4, 0.5) is 13.2 Å². The zero-order chi connectivity index (χ0) is 13.2. The summed E-state index contributed by atoms with van der Waals surface area (Å²) >= 11 is 0.965. The number of aryl methyl sites for hydroxylation is 1. The van der Waals surface area contributed by atoms with Gasteiger partial charge in [-0.1, -0.05) is 13.8 Å². The molecule has 17 heavy (non-hydrogen) atoms. The maximum absolute atomic E-state index is 12.6. The number of hydrogen-bond acceptors (Lipinski definition) is 3. The Morgan fingerprint density at radius 1 is 1.41 bits per heavy atom. The van der Waals surface area contributed by atoms with Gasteiger partial charge in [0, 0.05) is 4.88 Å². The zero-order valence-electron chi connectivity index (χ0n) is 9.63. The Morgan fingerprint density at radius 2 is 2.00 bits per heavy atom. The average molecular weight is 266 g/mol. The van der Waals surface area contributed by atoms with Crippen molar-refractivity contribution in [1.29, 1.82) is 0 Å². The van der Waals surface area contributed by atoms with E-state index in [4.69, 9.17) is 0 Å². The van der Waals surface area contributed by atoms with Crippen molar-refractivity contribution in [2.45, 2.75) is 33.0 Å². The second-order valence-electron chi connectivity index (χ2n) is 3.96. The molecule has 0 spiro atoms. The van der Waals surface area contributed by atoms with Gasteiger partial charge in [0.05, 0.1) is 6.04 Å². The molecule has 0 aromatic carbocycles. The Kier molecular flexibility index (Phi) is 4.13. The minimum Gasteiger partial charge on any atom is -0.349 e. The lowest BCUT2D eigenvalue weighted by molar-refractivity contribution is -0.141. The van der Waals surface area contributed by atoms with Crippen LogP contribution < -0.4 is 5.32 Å². The molecule has 0 aliphatic heterocycles. The summed E-state index contributed by atoms with van der Waals surface area (Å²) in [6.45, 7) is 5.00. The molecule has 1 aromatic rings. The number of hydrogen-bond donors (Lipinski definition) is 1. The van der Waals surface area contributed by atoms with Crippen molar-refractivity contribution in [2.24, 2.45) is 5.92 Å². The fourth-order valence-corrected chi connectivity index (χ4v) is 2.61. The maximum Gasteiger partial charge on any atom is 0.434 e. The number of carbonyl (C=O) groups excluding carboxylic acids is 1. The van der Waals surface area contributed by atoms with E-state index in [0.29, 0.717) is 6.41 Å². The number of thiazole rings is 1. The first-order valence-electron chi connectivity index (χ1n) is 5.01. The minimum atomic E-state index is -4.44. The summed E-state index contributed by atoms with van der Waals surface area (Å²) in [5, 5.41) is 2.78. The van der Waals surface area contributed by atoms with Gasteiger partial charge in [-0.05, 0) is 12.8 Å². The summed E-state index contributed by atoms with van der Waals surface area (Å²) in [4.78, 5) is 14.1. The third-order valence-corrected chi connectivity index (χ3v) is 3.32. The first-order valence-corrected chi connectivity index (χ1v) is 5.83. The predicted molar refractivity (Wildman–Crippen MR) is 58.6 cm³/mol. The van der Waals surface area contributed by atoms with Crippen LogP contribution in [0.15, 0.2) is 0 Å².